The minimum absolute atomic E-state index is 0.00234. The fourth-order valence-electron chi connectivity index (χ4n) is 1.84. The number of rotatable bonds is 4. The maximum atomic E-state index is 12.0. The lowest BCUT2D eigenvalue weighted by molar-refractivity contribution is -0.144. The monoisotopic (exact) mass is 279 g/mol. The molecule has 1 aromatic rings. The van der Waals surface area contributed by atoms with Crippen LogP contribution in [0.15, 0.2) is 18.3 Å². The number of carbonyl (C=O) groups excluding carboxylic acids is 2. The van der Waals surface area contributed by atoms with Crippen molar-refractivity contribution in [1.82, 2.24) is 10.3 Å². The molecular weight excluding hydrogens is 266 g/mol. The lowest BCUT2D eigenvalue weighted by Gasteiger charge is -2.23. The fourth-order valence-corrected chi connectivity index (χ4v) is 1.84. The van der Waals surface area contributed by atoms with E-state index >= 15 is 0 Å². The molecule has 1 atom stereocenters. The number of amides is 2. The lowest BCUT2D eigenvalue weighted by atomic mass is 9.99. The van der Waals surface area contributed by atoms with E-state index < -0.39 is 23.3 Å². The van der Waals surface area contributed by atoms with Gasteiger partial charge in [0.25, 0.3) is 5.91 Å². The first-order valence-electron chi connectivity index (χ1n) is 5.84. The Balaban J connectivity index is 2.15. The molecule has 0 saturated carbocycles. The van der Waals surface area contributed by atoms with Gasteiger partial charge in [-0.2, -0.15) is 0 Å². The van der Waals surface area contributed by atoms with Crippen LogP contribution in [0.4, 0.5) is 0 Å². The highest BCUT2D eigenvalue weighted by molar-refractivity contribution is 5.98. The van der Waals surface area contributed by atoms with Gasteiger partial charge < -0.3 is 20.9 Å². The second-order valence-corrected chi connectivity index (χ2v) is 4.44. The minimum atomic E-state index is -1.43. The second kappa shape index (κ2) is 5.25. The van der Waals surface area contributed by atoms with Crippen molar-refractivity contribution in [1.29, 1.82) is 0 Å². The van der Waals surface area contributed by atoms with Crippen LogP contribution in [0.2, 0.25) is 0 Å². The first kappa shape index (κ1) is 13.9. The summed E-state index contributed by atoms with van der Waals surface area (Å²) in [6, 6.07) is 2.66. The molecule has 8 heteroatoms. The van der Waals surface area contributed by atoms with Gasteiger partial charge in [0, 0.05) is 19.2 Å². The van der Waals surface area contributed by atoms with E-state index in [-0.39, 0.29) is 30.9 Å². The summed E-state index contributed by atoms with van der Waals surface area (Å²) < 4.78 is 5.03. The van der Waals surface area contributed by atoms with Crippen LogP contribution in [0.3, 0.4) is 0 Å². The molecule has 0 spiro atoms. The van der Waals surface area contributed by atoms with Gasteiger partial charge in [0.05, 0.1) is 12.2 Å². The predicted molar refractivity (Wildman–Crippen MR) is 66.0 cm³/mol. The van der Waals surface area contributed by atoms with Crippen molar-refractivity contribution in [3.8, 4) is 0 Å². The van der Waals surface area contributed by atoms with Crippen LogP contribution in [0.25, 0.3) is 0 Å². The van der Waals surface area contributed by atoms with Crippen LogP contribution in [0.5, 0.6) is 0 Å². The average molecular weight is 279 g/mol. The number of ether oxygens (including phenoxy) is 1. The van der Waals surface area contributed by atoms with Gasteiger partial charge in [-0.05, 0) is 12.1 Å². The Labute approximate surface area is 113 Å². The van der Waals surface area contributed by atoms with E-state index in [4.69, 9.17) is 10.5 Å². The van der Waals surface area contributed by atoms with Gasteiger partial charge in [-0.25, -0.2) is 4.79 Å². The van der Waals surface area contributed by atoms with E-state index in [1.165, 1.54) is 12.1 Å². The van der Waals surface area contributed by atoms with E-state index in [0.29, 0.717) is 0 Å². The summed E-state index contributed by atoms with van der Waals surface area (Å²) in [5.74, 6) is -2.46. The Kier molecular flexibility index (Phi) is 3.66. The number of nitrogens with one attached hydrogen (secondary N) is 1. The smallest absolute Gasteiger partial charge is 0.331 e. The maximum Gasteiger partial charge on any atom is 0.331 e. The maximum absolute atomic E-state index is 12.0. The molecule has 0 aromatic carbocycles. The number of aromatic nitrogens is 1. The lowest BCUT2D eigenvalue weighted by Crippen LogP contribution is -2.55. The zero-order valence-corrected chi connectivity index (χ0v) is 10.5. The molecule has 1 aromatic heterocycles. The van der Waals surface area contributed by atoms with E-state index in [2.05, 4.69) is 10.3 Å². The van der Waals surface area contributed by atoms with E-state index in [9.17, 15) is 19.5 Å². The summed E-state index contributed by atoms with van der Waals surface area (Å²) in [6.45, 7) is 0.175. The standard InChI is InChI=1S/C12H13N3O5/c13-9(16)7-1-2-8(14-5-7)10(17)15-12(11(18)19)3-4-20-6-12/h1-2,5H,3-4,6H2,(H2,13,16)(H,15,17)(H,18,19). The third kappa shape index (κ3) is 2.59. The topological polar surface area (TPSA) is 132 Å². The number of nitrogens with two attached hydrogens (primary N) is 1. The van der Waals surface area contributed by atoms with E-state index in [1.54, 1.807) is 0 Å². The zero-order valence-electron chi connectivity index (χ0n) is 10.5. The molecule has 0 bridgehead atoms. The van der Waals surface area contributed by atoms with Crippen molar-refractivity contribution in [2.45, 2.75) is 12.0 Å². The van der Waals surface area contributed by atoms with Crippen LogP contribution >= 0.6 is 0 Å². The van der Waals surface area contributed by atoms with Crippen molar-refractivity contribution in [2.75, 3.05) is 13.2 Å². The molecule has 1 aliphatic rings. The number of hydrogen-bond donors (Lipinski definition) is 3. The van der Waals surface area contributed by atoms with Crippen LogP contribution < -0.4 is 11.1 Å². The fraction of sp³-hybridized carbons (Fsp3) is 0.333. The molecule has 20 heavy (non-hydrogen) atoms. The minimum Gasteiger partial charge on any atom is -0.479 e. The highest BCUT2D eigenvalue weighted by Gasteiger charge is 2.44. The average Bonchev–Trinajstić information content (AvgIpc) is 2.88. The summed E-state index contributed by atoms with van der Waals surface area (Å²) in [7, 11) is 0. The van der Waals surface area contributed by atoms with Crippen molar-refractivity contribution < 1.29 is 24.2 Å². The quantitative estimate of drug-likeness (QED) is 0.658. The van der Waals surface area contributed by atoms with Gasteiger partial charge in [-0.3, -0.25) is 14.6 Å². The first-order valence-corrected chi connectivity index (χ1v) is 5.84. The number of carbonyl (C=O) groups is 3. The normalized spacial score (nSPS) is 21.4. The molecule has 2 amide bonds. The summed E-state index contributed by atoms with van der Waals surface area (Å²) in [6.07, 6.45) is 1.35. The van der Waals surface area contributed by atoms with E-state index in [0.717, 1.165) is 6.20 Å². The second-order valence-electron chi connectivity index (χ2n) is 4.44. The first-order chi connectivity index (χ1) is 9.44. The summed E-state index contributed by atoms with van der Waals surface area (Å²) in [4.78, 5) is 37.9. The molecule has 8 nitrogen and oxygen atoms in total. The molecule has 0 radical (unpaired) electrons. The van der Waals surface area contributed by atoms with Crippen LogP contribution in [-0.4, -0.2) is 46.6 Å². The largest absolute Gasteiger partial charge is 0.479 e. The van der Waals surface area contributed by atoms with Crippen molar-refractivity contribution >= 4 is 17.8 Å². The molecular formula is C12H13N3O5. The number of carboxylic acid groups (broad SMARTS) is 1. The molecule has 2 rings (SSSR count). The van der Waals surface area contributed by atoms with Gasteiger partial charge in [-0.1, -0.05) is 0 Å². The highest BCUT2D eigenvalue weighted by atomic mass is 16.5. The number of nitrogens with zero attached hydrogens (tertiary/aromatic N) is 1. The molecule has 4 N–H and O–H groups in total. The Hall–Kier alpha value is -2.48. The molecule has 0 aliphatic carbocycles. The third-order valence-electron chi connectivity index (χ3n) is 3.06. The molecule has 1 saturated heterocycles. The molecule has 2 heterocycles. The van der Waals surface area contributed by atoms with Crippen molar-refractivity contribution in [3.05, 3.63) is 29.6 Å². The number of hydrogen-bond acceptors (Lipinski definition) is 5. The Morgan fingerprint density at radius 3 is 2.60 bits per heavy atom. The molecule has 106 valence electrons. The third-order valence-corrected chi connectivity index (χ3v) is 3.06. The Morgan fingerprint density at radius 1 is 1.40 bits per heavy atom. The highest BCUT2D eigenvalue weighted by Crippen LogP contribution is 2.19. The van der Waals surface area contributed by atoms with Crippen LogP contribution in [0.1, 0.15) is 27.3 Å². The molecule has 1 fully saturated rings. The number of primary amides is 1. The summed E-state index contributed by atoms with van der Waals surface area (Å²) in [5, 5.41) is 11.6. The number of aliphatic carboxylic acids is 1. The van der Waals surface area contributed by atoms with Crippen LogP contribution in [-0.2, 0) is 9.53 Å². The Morgan fingerprint density at radius 2 is 2.15 bits per heavy atom. The SMILES string of the molecule is NC(=O)c1ccc(C(=O)NC2(C(=O)O)CCOC2)nc1. The summed E-state index contributed by atoms with van der Waals surface area (Å²) in [5.41, 5.74) is 3.80. The van der Waals surface area contributed by atoms with E-state index in [1.807, 2.05) is 0 Å². The van der Waals surface area contributed by atoms with Gasteiger partial charge in [0.2, 0.25) is 5.91 Å². The molecule has 1 unspecified atom stereocenters. The zero-order chi connectivity index (χ0) is 14.8. The van der Waals surface area contributed by atoms with Gasteiger partial charge in [0.1, 0.15) is 5.69 Å². The molecule has 1 aliphatic heterocycles. The van der Waals surface area contributed by atoms with Gasteiger partial charge in [-0.15, -0.1) is 0 Å². The van der Waals surface area contributed by atoms with Crippen LogP contribution in [0, 0.1) is 0 Å². The van der Waals surface area contributed by atoms with Crippen molar-refractivity contribution in [2.24, 2.45) is 5.73 Å². The van der Waals surface area contributed by atoms with Crippen molar-refractivity contribution in [3.63, 3.8) is 0 Å². The number of carboxylic acids is 1. The number of pyridine rings is 1. The van der Waals surface area contributed by atoms with Gasteiger partial charge >= 0.3 is 5.97 Å². The Bertz CT molecular complexity index is 549. The van der Waals surface area contributed by atoms with Gasteiger partial charge in [0.15, 0.2) is 5.54 Å². The predicted octanol–water partition coefficient (Wildman–Crippen LogP) is -0.846. The summed E-state index contributed by atoms with van der Waals surface area (Å²) >= 11 is 0.